The Labute approximate surface area is 138 Å². The van der Waals surface area contributed by atoms with Crippen LogP contribution in [0.1, 0.15) is 21.5 Å². The Kier molecular flexibility index (Phi) is 4.20. The van der Waals surface area contributed by atoms with Crippen molar-refractivity contribution in [3.63, 3.8) is 0 Å². The summed E-state index contributed by atoms with van der Waals surface area (Å²) in [4.78, 5) is 23.9. The topological polar surface area (TPSA) is 90.7 Å². The largest absolute Gasteiger partial charge is 0.454 e. The molecule has 1 aliphatic heterocycles. The van der Waals surface area contributed by atoms with Crippen LogP contribution in [0, 0.1) is 6.92 Å². The van der Waals surface area contributed by atoms with Gasteiger partial charge in [0.15, 0.2) is 11.5 Å². The van der Waals surface area contributed by atoms with Gasteiger partial charge >= 0.3 is 0 Å². The molecule has 0 fully saturated rings. The lowest BCUT2D eigenvalue weighted by Crippen LogP contribution is -2.31. The highest BCUT2D eigenvalue weighted by Gasteiger charge is 2.15. The second kappa shape index (κ2) is 6.45. The van der Waals surface area contributed by atoms with Crippen molar-refractivity contribution in [1.29, 1.82) is 0 Å². The Morgan fingerprint density at radius 2 is 1.92 bits per heavy atom. The number of carbonyl (C=O) groups excluding carboxylic acids is 2. The quantitative estimate of drug-likeness (QED) is 0.841. The van der Waals surface area contributed by atoms with Crippen molar-refractivity contribution >= 4 is 17.9 Å². The second-order valence-electron chi connectivity index (χ2n) is 5.36. The highest BCUT2D eigenvalue weighted by atomic mass is 16.7. The third kappa shape index (κ3) is 3.38. The summed E-state index contributed by atoms with van der Waals surface area (Å²) in [5, 5.41) is 2.55. The van der Waals surface area contributed by atoms with Gasteiger partial charge in [0, 0.05) is 5.56 Å². The molecule has 1 aliphatic rings. The molecule has 2 aromatic carbocycles. The molecule has 6 nitrogen and oxygen atoms in total. The maximum atomic E-state index is 12.3. The lowest BCUT2D eigenvalue weighted by molar-refractivity contribution is -0.114. The molecule has 0 bridgehead atoms. The summed E-state index contributed by atoms with van der Waals surface area (Å²) in [6, 6.07) is 12.2. The third-order valence-corrected chi connectivity index (χ3v) is 3.50. The third-order valence-electron chi connectivity index (χ3n) is 3.50. The smallest absolute Gasteiger partial charge is 0.265 e. The molecule has 2 amide bonds. The van der Waals surface area contributed by atoms with Crippen molar-refractivity contribution < 1.29 is 19.1 Å². The van der Waals surface area contributed by atoms with Crippen LogP contribution in [0.25, 0.3) is 6.08 Å². The van der Waals surface area contributed by atoms with E-state index in [0.29, 0.717) is 22.6 Å². The second-order valence-corrected chi connectivity index (χ2v) is 5.36. The van der Waals surface area contributed by atoms with Gasteiger partial charge in [-0.3, -0.25) is 9.59 Å². The summed E-state index contributed by atoms with van der Waals surface area (Å²) in [7, 11) is 0. The van der Waals surface area contributed by atoms with E-state index in [1.54, 1.807) is 36.4 Å². The molecule has 122 valence electrons. The van der Waals surface area contributed by atoms with Crippen LogP contribution in [0.15, 0.2) is 48.2 Å². The Bertz CT molecular complexity index is 843. The average Bonchev–Trinajstić information content (AvgIpc) is 3.01. The molecule has 24 heavy (non-hydrogen) atoms. The number of hydrogen-bond donors (Lipinski definition) is 2. The molecular formula is C18H16N2O4. The number of hydrogen-bond acceptors (Lipinski definition) is 4. The summed E-state index contributed by atoms with van der Waals surface area (Å²) in [5.74, 6) is 0.0901. The molecule has 0 aliphatic carbocycles. The first kappa shape index (κ1) is 15.6. The number of carbonyl (C=O) groups is 2. The van der Waals surface area contributed by atoms with Crippen LogP contribution in [0.3, 0.4) is 0 Å². The van der Waals surface area contributed by atoms with E-state index < -0.39 is 11.8 Å². The van der Waals surface area contributed by atoms with E-state index in [1.807, 2.05) is 13.0 Å². The van der Waals surface area contributed by atoms with E-state index in [2.05, 4.69) is 5.32 Å². The van der Waals surface area contributed by atoms with Crippen LogP contribution in [-0.2, 0) is 4.79 Å². The van der Waals surface area contributed by atoms with Crippen molar-refractivity contribution in [3.05, 3.63) is 64.9 Å². The minimum Gasteiger partial charge on any atom is -0.454 e. The summed E-state index contributed by atoms with van der Waals surface area (Å²) < 4.78 is 10.5. The highest BCUT2D eigenvalue weighted by Crippen LogP contribution is 2.32. The summed E-state index contributed by atoms with van der Waals surface area (Å²) in [6.45, 7) is 2.05. The van der Waals surface area contributed by atoms with Crippen molar-refractivity contribution in [2.24, 2.45) is 5.73 Å². The van der Waals surface area contributed by atoms with Crippen LogP contribution in [0.5, 0.6) is 11.5 Å². The molecule has 2 aromatic rings. The van der Waals surface area contributed by atoms with Gasteiger partial charge in [-0.2, -0.15) is 0 Å². The van der Waals surface area contributed by atoms with E-state index in [0.717, 1.165) is 5.56 Å². The molecule has 6 heteroatoms. The van der Waals surface area contributed by atoms with Crippen LogP contribution >= 0.6 is 0 Å². The fourth-order valence-electron chi connectivity index (χ4n) is 2.32. The van der Waals surface area contributed by atoms with Crippen molar-refractivity contribution in [2.75, 3.05) is 6.79 Å². The molecule has 0 saturated carbocycles. The van der Waals surface area contributed by atoms with E-state index in [-0.39, 0.29) is 12.5 Å². The number of amides is 2. The van der Waals surface area contributed by atoms with Gasteiger partial charge in [0.05, 0.1) is 0 Å². The number of rotatable bonds is 4. The zero-order valence-electron chi connectivity index (χ0n) is 13.0. The van der Waals surface area contributed by atoms with Crippen LogP contribution in [-0.4, -0.2) is 18.6 Å². The van der Waals surface area contributed by atoms with Crippen LogP contribution in [0.2, 0.25) is 0 Å². The highest BCUT2D eigenvalue weighted by molar-refractivity contribution is 6.04. The zero-order valence-corrected chi connectivity index (χ0v) is 13.0. The van der Waals surface area contributed by atoms with Crippen molar-refractivity contribution in [2.45, 2.75) is 6.92 Å². The number of nitrogens with two attached hydrogens (primary N) is 1. The monoisotopic (exact) mass is 324 g/mol. The Morgan fingerprint density at radius 3 is 2.67 bits per heavy atom. The molecule has 1 heterocycles. The first-order valence-electron chi connectivity index (χ1n) is 7.32. The predicted molar refractivity (Wildman–Crippen MR) is 88.4 cm³/mol. The number of nitrogens with one attached hydrogen (secondary N) is 1. The summed E-state index contributed by atoms with van der Waals surface area (Å²) in [6.07, 6.45) is 1.50. The Hall–Kier alpha value is -3.28. The molecule has 0 atom stereocenters. The van der Waals surface area contributed by atoms with Gasteiger partial charge in [-0.1, -0.05) is 23.8 Å². The minimum atomic E-state index is -0.728. The normalized spacial score (nSPS) is 12.8. The van der Waals surface area contributed by atoms with Gasteiger partial charge in [0.1, 0.15) is 5.70 Å². The first-order valence-corrected chi connectivity index (χ1v) is 7.32. The molecular weight excluding hydrogens is 308 g/mol. The maximum absolute atomic E-state index is 12.3. The fourth-order valence-corrected chi connectivity index (χ4v) is 2.32. The van der Waals surface area contributed by atoms with Gasteiger partial charge in [-0.25, -0.2) is 0 Å². The number of benzene rings is 2. The Morgan fingerprint density at radius 1 is 1.12 bits per heavy atom. The molecule has 0 saturated heterocycles. The average molecular weight is 324 g/mol. The number of ether oxygens (including phenoxy) is 2. The standard InChI is InChI=1S/C18H16N2O4/c1-11-3-2-4-13(7-11)18(22)20-14(17(19)21)8-12-5-6-15-16(9-12)24-10-23-15/h2-9H,10H2,1H3,(H2,19,21)(H,20,22). The SMILES string of the molecule is Cc1cccc(C(=O)NC(=Cc2ccc3c(c2)OCO3)C(N)=O)c1. The summed E-state index contributed by atoms with van der Waals surface area (Å²) in [5.41, 5.74) is 7.44. The lowest BCUT2D eigenvalue weighted by atomic mass is 10.1. The van der Waals surface area contributed by atoms with Gasteiger partial charge in [-0.15, -0.1) is 0 Å². The molecule has 0 unspecified atom stereocenters. The molecule has 0 spiro atoms. The number of aryl methyl sites for hydroxylation is 1. The number of primary amides is 1. The van der Waals surface area contributed by atoms with Gasteiger partial charge in [-0.05, 0) is 42.8 Å². The van der Waals surface area contributed by atoms with Crippen LogP contribution in [0.4, 0.5) is 0 Å². The fraction of sp³-hybridized carbons (Fsp3) is 0.111. The Balaban J connectivity index is 1.84. The van der Waals surface area contributed by atoms with E-state index in [1.165, 1.54) is 6.08 Å². The van der Waals surface area contributed by atoms with E-state index in [4.69, 9.17) is 15.2 Å². The minimum absolute atomic E-state index is 0.000344. The van der Waals surface area contributed by atoms with Crippen LogP contribution < -0.4 is 20.5 Å². The molecule has 0 aromatic heterocycles. The summed E-state index contributed by atoms with van der Waals surface area (Å²) >= 11 is 0. The van der Waals surface area contributed by atoms with E-state index >= 15 is 0 Å². The van der Waals surface area contributed by atoms with Gasteiger partial charge < -0.3 is 20.5 Å². The van der Waals surface area contributed by atoms with E-state index in [9.17, 15) is 9.59 Å². The molecule has 0 radical (unpaired) electrons. The molecule has 3 rings (SSSR count). The van der Waals surface area contributed by atoms with Gasteiger partial charge in [0.25, 0.3) is 11.8 Å². The predicted octanol–water partition coefficient (Wildman–Crippen LogP) is 1.98. The lowest BCUT2D eigenvalue weighted by Gasteiger charge is -2.08. The maximum Gasteiger partial charge on any atom is 0.265 e. The van der Waals surface area contributed by atoms with Gasteiger partial charge in [0.2, 0.25) is 6.79 Å². The number of fused-ring (bicyclic) bond motifs is 1. The zero-order chi connectivity index (χ0) is 17.1. The molecule has 3 N–H and O–H groups in total. The van der Waals surface area contributed by atoms with Crippen molar-refractivity contribution in [1.82, 2.24) is 5.32 Å². The first-order chi connectivity index (χ1) is 11.5. The van der Waals surface area contributed by atoms with Crippen molar-refractivity contribution in [3.8, 4) is 11.5 Å².